The van der Waals surface area contributed by atoms with E-state index in [4.69, 9.17) is 4.74 Å². The van der Waals surface area contributed by atoms with Crippen molar-refractivity contribution in [1.82, 2.24) is 15.3 Å². The molecule has 2 aromatic heterocycles. The molecule has 0 amide bonds. The molecular weight excluding hydrogens is 258 g/mol. The lowest BCUT2D eigenvalue weighted by molar-refractivity contribution is 0.376. The van der Waals surface area contributed by atoms with Crippen molar-refractivity contribution in [2.24, 2.45) is 0 Å². The van der Waals surface area contributed by atoms with Gasteiger partial charge < -0.3 is 10.1 Å². The molecule has 0 aliphatic rings. The van der Waals surface area contributed by atoms with Crippen molar-refractivity contribution in [3.8, 4) is 5.88 Å². The minimum absolute atomic E-state index is 0.137. The predicted molar refractivity (Wildman–Crippen MR) is 77.6 cm³/mol. The lowest BCUT2D eigenvalue weighted by Gasteiger charge is -2.18. The number of hydrogen-bond acceptors (Lipinski definition) is 5. The summed E-state index contributed by atoms with van der Waals surface area (Å²) in [7, 11) is 1.63. The number of rotatable bonds is 7. The summed E-state index contributed by atoms with van der Waals surface area (Å²) in [5, 5.41) is 7.79. The van der Waals surface area contributed by atoms with E-state index in [0.29, 0.717) is 5.88 Å². The summed E-state index contributed by atoms with van der Waals surface area (Å²) in [5.74, 6) is 0.603. The normalized spacial score (nSPS) is 12.3. The number of nitrogens with zero attached hydrogens (tertiary/aromatic N) is 2. The highest BCUT2D eigenvalue weighted by molar-refractivity contribution is 7.07. The van der Waals surface area contributed by atoms with Crippen LogP contribution in [0.5, 0.6) is 5.88 Å². The number of methoxy groups -OCH3 is 1. The van der Waals surface area contributed by atoms with E-state index in [-0.39, 0.29) is 6.04 Å². The number of aromatic nitrogens is 2. The van der Waals surface area contributed by atoms with Crippen molar-refractivity contribution in [2.75, 3.05) is 13.7 Å². The minimum atomic E-state index is 0.137. The zero-order valence-corrected chi connectivity index (χ0v) is 12.1. The molecule has 102 valence electrons. The van der Waals surface area contributed by atoms with Gasteiger partial charge in [0.2, 0.25) is 5.88 Å². The first-order valence-electron chi connectivity index (χ1n) is 6.44. The molecule has 0 aromatic carbocycles. The lowest BCUT2D eigenvalue weighted by Crippen LogP contribution is -2.25. The van der Waals surface area contributed by atoms with Gasteiger partial charge in [-0.25, -0.2) is 4.98 Å². The Kier molecular flexibility index (Phi) is 5.30. The molecule has 4 nitrogen and oxygen atoms in total. The van der Waals surface area contributed by atoms with Gasteiger partial charge in [0, 0.05) is 12.4 Å². The topological polar surface area (TPSA) is 47.0 Å². The molecule has 1 unspecified atom stereocenters. The van der Waals surface area contributed by atoms with E-state index in [1.54, 1.807) is 30.8 Å². The van der Waals surface area contributed by atoms with Gasteiger partial charge in [-0.15, -0.1) is 0 Å². The van der Waals surface area contributed by atoms with Gasteiger partial charge in [-0.05, 0) is 41.8 Å². The Labute approximate surface area is 117 Å². The highest BCUT2D eigenvalue weighted by Crippen LogP contribution is 2.24. The summed E-state index contributed by atoms with van der Waals surface area (Å²) in [6, 6.07) is 2.28. The molecule has 0 saturated heterocycles. The van der Waals surface area contributed by atoms with Gasteiger partial charge in [0.05, 0.1) is 13.2 Å². The molecule has 0 fully saturated rings. The maximum absolute atomic E-state index is 5.31. The molecule has 1 N–H and O–H groups in total. The second kappa shape index (κ2) is 7.21. The van der Waals surface area contributed by atoms with Gasteiger partial charge in [0.25, 0.3) is 0 Å². The first kappa shape index (κ1) is 14.0. The Balaban J connectivity index is 2.20. The van der Waals surface area contributed by atoms with Crippen molar-refractivity contribution in [1.29, 1.82) is 0 Å². The SMILES string of the molecule is CCCNC(Cc1ccsc1)c1nccnc1OC. The van der Waals surface area contributed by atoms with Crippen LogP contribution in [0.3, 0.4) is 0 Å². The molecule has 0 radical (unpaired) electrons. The number of nitrogens with one attached hydrogen (secondary N) is 1. The maximum atomic E-state index is 5.31. The molecule has 2 rings (SSSR count). The van der Waals surface area contributed by atoms with E-state index in [1.807, 2.05) is 0 Å². The Morgan fingerprint density at radius 1 is 1.37 bits per heavy atom. The Hall–Kier alpha value is -1.46. The quantitative estimate of drug-likeness (QED) is 0.845. The average molecular weight is 277 g/mol. The van der Waals surface area contributed by atoms with Crippen molar-refractivity contribution >= 4 is 11.3 Å². The second-order valence-corrected chi connectivity index (χ2v) is 5.07. The van der Waals surface area contributed by atoms with Gasteiger partial charge in [-0.3, -0.25) is 4.98 Å². The second-order valence-electron chi connectivity index (χ2n) is 4.29. The predicted octanol–water partition coefficient (Wildman–Crippen LogP) is 2.83. The minimum Gasteiger partial charge on any atom is -0.480 e. The summed E-state index contributed by atoms with van der Waals surface area (Å²) >= 11 is 1.72. The Morgan fingerprint density at radius 3 is 2.89 bits per heavy atom. The van der Waals surface area contributed by atoms with E-state index in [0.717, 1.165) is 25.1 Å². The molecule has 2 heterocycles. The molecule has 1 atom stereocenters. The smallest absolute Gasteiger partial charge is 0.237 e. The maximum Gasteiger partial charge on any atom is 0.237 e. The summed E-state index contributed by atoms with van der Waals surface area (Å²) in [4.78, 5) is 8.67. The van der Waals surface area contributed by atoms with Gasteiger partial charge in [0.1, 0.15) is 5.69 Å². The van der Waals surface area contributed by atoms with E-state index >= 15 is 0 Å². The van der Waals surface area contributed by atoms with Crippen LogP contribution in [0.2, 0.25) is 0 Å². The van der Waals surface area contributed by atoms with Crippen LogP contribution in [0, 0.1) is 0 Å². The summed E-state index contributed by atoms with van der Waals surface area (Å²) in [5.41, 5.74) is 2.19. The first-order valence-corrected chi connectivity index (χ1v) is 7.38. The van der Waals surface area contributed by atoms with Crippen LogP contribution in [0.25, 0.3) is 0 Å². The van der Waals surface area contributed by atoms with Crippen molar-refractivity contribution in [3.63, 3.8) is 0 Å². The van der Waals surface area contributed by atoms with Crippen molar-refractivity contribution in [2.45, 2.75) is 25.8 Å². The third-order valence-corrected chi connectivity index (χ3v) is 3.61. The van der Waals surface area contributed by atoms with Crippen LogP contribution < -0.4 is 10.1 Å². The molecule has 5 heteroatoms. The van der Waals surface area contributed by atoms with Gasteiger partial charge in [-0.2, -0.15) is 11.3 Å². The fraction of sp³-hybridized carbons (Fsp3) is 0.429. The highest BCUT2D eigenvalue weighted by atomic mass is 32.1. The molecule has 0 aliphatic heterocycles. The van der Waals surface area contributed by atoms with E-state index < -0.39 is 0 Å². The third-order valence-electron chi connectivity index (χ3n) is 2.88. The number of thiophene rings is 1. The van der Waals surface area contributed by atoms with Gasteiger partial charge >= 0.3 is 0 Å². The highest BCUT2D eigenvalue weighted by Gasteiger charge is 2.18. The van der Waals surface area contributed by atoms with Gasteiger partial charge in [0.15, 0.2) is 0 Å². The Morgan fingerprint density at radius 2 is 2.21 bits per heavy atom. The zero-order chi connectivity index (χ0) is 13.5. The molecule has 0 bridgehead atoms. The third kappa shape index (κ3) is 3.75. The van der Waals surface area contributed by atoms with E-state index in [2.05, 4.69) is 39.0 Å². The largest absolute Gasteiger partial charge is 0.480 e. The Bertz CT molecular complexity index is 487. The number of hydrogen-bond donors (Lipinski definition) is 1. The molecular formula is C14H19N3OS. The standard InChI is InChI=1S/C14H19N3OS/c1-3-5-15-12(9-11-4-8-19-10-11)13-14(18-2)17-7-6-16-13/h4,6-8,10,12,15H,3,5,9H2,1-2H3. The fourth-order valence-electron chi connectivity index (χ4n) is 1.96. The molecule has 0 saturated carbocycles. The van der Waals surface area contributed by atoms with Crippen LogP contribution >= 0.6 is 11.3 Å². The summed E-state index contributed by atoms with van der Waals surface area (Å²) in [6.45, 7) is 3.11. The van der Waals surface area contributed by atoms with Crippen molar-refractivity contribution < 1.29 is 4.74 Å². The van der Waals surface area contributed by atoms with Crippen LogP contribution in [0.15, 0.2) is 29.2 Å². The van der Waals surface area contributed by atoms with Gasteiger partial charge in [-0.1, -0.05) is 6.92 Å². The van der Waals surface area contributed by atoms with E-state index in [1.165, 1.54) is 5.56 Å². The monoisotopic (exact) mass is 277 g/mol. The fourth-order valence-corrected chi connectivity index (χ4v) is 2.64. The first-order chi connectivity index (χ1) is 9.35. The van der Waals surface area contributed by atoms with E-state index in [9.17, 15) is 0 Å². The van der Waals surface area contributed by atoms with Crippen LogP contribution in [-0.2, 0) is 6.42 Å². The lowest BCUT2D eigenvalue weighted by atomic mass is 10.1. The van der Waals surface area contributed by atoms with Crippen LogP contribution in [0.4, 0.5) is 0 Å². The zero-order valence-electron chi connectivity index (χ0n) is 11.3. The molecule has 0 aliphatic carbocycles. The summed E-state index contributed by atoms with van der Waals surface area (Å²) < 4.78 is 5.31. The number of ether oxygens (including phenoxy) is 1. The van der Waals surface area contributed by atoms with Crippen molar-refractivity contribution in [3.05, 3.63) is 40.5 Å². The molecule has 0 spiro atoms. The average Bonchev–Trinajstić information content (AvgIpc) is 2.96. The summed E-state index contributed by atoms with van der Waals surface area (Å²) in [6.07, 6.45) is 5.36. The van der Waals surface area contributed by atoms with Crippen LogP contribution in [-0.4, -0.2) is 23.6 Å². The molecule has 19 heavy (non-hydrogen) atoms. The van der Waals surface area contributed by atoms with Crippen LogP contribution in [0.1, 0.15) is 30.6 Å². The molecule has 2 aromatic rings.